The highest BCUT2D eigenvalue weighted by molar-refractivity contribution is 5.95. The van der Waals surface area contributed by atoms with Gasteiger partial charge in [-0.05, 0) is 24.6 Å². The molecule has 2 aliphatic rings. The molecule has 0 bridgehead atoms. The number of carbonyl (C=O) groups excluding carboxylic acids is 2. The van der Waals surface area contributed by atoms with Gasteiger partial charge in [-0.1, -0.05) is 30.3 Å². The fraction of sp³-hybridized carbons (Fsp3) is 0.375. The minimum absolute atomic E-state index is 0.198. The van der Waals surface area contributed by atoms with E-state index in [1.807, 2.05) is 35.2 Å². The normalized spacial score (nSPS) is 19.3. The van der Waals surface area contributed by atoms with Gasteiger partial charge in [-0.15, -0.1) is 0 Å². The number of anilines is 1. The van der Waals surface area contributed by atoms with Gasteiger partial charge in [0.05, 0.1) is 23.8 Å². The summed E-state index contributed by atoms with van der Waals surface area (Å²) in [7, 11) is 0. The van der Waals surface area contributed by atoms with Crippen molar-refractivity contribution in [2.75, 3.05) is 44.2 Å². The molecule has 0 spiro atoms. The zero-order valence-electron chi connectivity index (χ0n) is 19.1. The number of aromatic nitrogens is 1. The van der Waals surface area contributed by atoms with Crippen LogP contribution in [-0.4, -0.2) is 61.2 Å². The van der Waals surface area contributed by atoms with Crippen molar-refractivity contribution >= 4 is 17.8 Å². The Hall–Kier alpha value is -3.60. The number of hydrogen-bond acceptors (Lipinski definition) is 6. The van der Waals surface area contributed by atoms with E-state index in [1.54, 1.807) is 6.92 Å². The molecule has 1 aromatic heterocycles. The number of nitrogens with zero attached hydrogens (tertiary/aromatic N) is 3. The van der Waals surface area contributed by atoms with Gasteiger partial charge in [-0.25, -0.2) is 14.6 Å². The monoisotopic (exact) mass is 489 g/mol. The van der Waals surface area contributed by atoms with Gasteiger partial charge >= 0.3 is 18.2 Å². The van der Waals surface area contributed by atoms with E-state index in [0.29, 0.717) is 49.8 Å². The number of nitrogens with one attached hydrogen (secondary N) is 2. The predicted octanol–water partition coefficient (Wildman–Crippen LogP) is 3.09. The number of pyridine rings is 1. The smallest absolute Gasteiger partial charge is 0.417 e. The molecule has 35 heavy (non-hydrogen) atoms. The van der Waals surface area contributed by atoms with Crippen LogP contribution >= 0.6 is 0 Å². The first-order valence-corrected chi connectivity index (χ1v) is 11.3. The molecule has 2 aliphatic heterocycles. The average Bonchev–Trinajstić information content (AvgIpc) is 2.84. The maximum atomic E-state index is 12.9. The lowest BCUT2D eigenvalue weighted by Gasteiger charge is -2.37. The maximum Gasteiger partial charge on any atom is 0.417 e. The fourth-order valence-electron chi connectivity index (χ4n) is 4.19. The Labute approximate surface area is 200 Å². The van der Waals surface area contributed by atoms with Gasteiger partial charge in [0, 0.05) is 44.6 Å². The number of halogens is 3. The highest BCUT2D eigenvalue weighted by Gasteiger charge is 2.35. The number of urea groups is 1. The number of piperazine rings is 1. The lowest BCUT2D eigenvalue weighted by atomic mass is 9.95. The van der Waals surface area contributed by atoms with Crippen molar-refractivity contribution in [2.24, 2.45) is 0 Å². The van der Waals surface area contributed by atoms with Gasteiger partial charge in [0.2, 0.25) is 0 Å². The van der Waals surface area contributed by atoms with Crippen LogP contribution in [0.4, 0.5) is 23.8 Å². The maximum absolute atomic E-state index is 12.9. The summed E-state index contributed by atoms with van der Waals surface area (Å²) < 4.78 is 43.7. The fourth-order valence-corrected chi connectivity index (χ4v) is 4.19. The minimum Gasteiger partial charge on any atom is -0.463 e. The van der Waals surface area contributed by atoms with Crippen molar-refractivity contribution in [3.63, 3.8) is 0 Å². The summed E-state index contributed by atoms with van der Waals surface area (Å²) in [6.45, 7) is 4.45. The second kappa shape index (κ2) is 10.3. The molecule has 1 fully saturated rings. The molecule has 0 saturated carbocycles. The molecule has 4 rings (SSSR count). The molecule has 8 nitrogen and oxygen atoms in total. The van der Waals surface area contributed by atoms with Gasteiger partial charge < -0.3 is 20.3 Å². The molecule has 186 valence electrons. The van der Waals surface area contributed by atoms with E-state index in [-0.39, 0.29) is 6.61 Å². The number of amides is 2. The van der Waals surface area contributed by atoms with E-state index in [2.05, 4.69) is 20.5 Å². The van der Waals surface area contributed by atoms with Crippen molar-refractivity contribution in [3.05, 3.63) is 71.1 Å². The molecule has 3 heterocycles. The van der Waals surface area contributed by atoms with Gasteiger partial charge in [0.1, 0.15) is 5.82 Å². The van der Waals surface area contributed by atoms with Crippen LogP contribution in [0.3, 0.4) is 0 Å². The Bertz CT molecular complexity index is 1080. The van der Waals surface area contributed by atoms with Crippen molar-refractivity contribution in [1.82, 2.24) is 20.5 Å². The predicted molar refractivity (Wildman–Crippen MR) is 122 cm³/mol. The molecule has 0 unspecified atom stereocenters. The first kappa shape index (κ1) is 24.5. The zero-order valence-corrected chi connectivity index (χ0v) is 19.1. The third-order valence-corrected chi connectivity index (χ3v) is 5.94. The highest BCUT2D eigenvalue weighted by atomic mass is 19.4. The third kappa shape index (κ3) is 5.73. The Morgan fingerprint density at radius 2 is 1.83 bits per heavy atom. The highest BCUT2D eigenvalue weighted by Crippen LogP contribution is 2.30. The minimum atomic E-state index is -4.43. The standard InChI is InChI=1S/C24H26F3N5O3/c1-2-35-22(33)20-18(29-23(34)30-21(20)16-6-4-3-5-7-16)15-31-10-12-32(13-11-31)19-9-8-17(14-28-19)24(25,26)27/h3-9,14,21H,2,10-13,15H2,1H3,(H2,29,30,34)/t21-/m0/s1. The van der Waals surface area contributed by atoms with Crippen molar-refractivity contribution in [1.29, 1.82) is 0 Å². The molecule has 2 aromatic rings. The summed E-state index contributed by atoms with van der Waals surface area (Å²) in [6.07, 6.45) is -3.59. The second-order valence-electron chi connectivity index (χ2n) is 8.22. The molecular weight excluding hydrogens is 463 g/mol. The number of alkyl halides is 3. The Kier molecular flexibility index (Phi) is 7.25. The van der Waals surface area contributed by atoms with Crippen molar-refractivity contribution < 1.29 is 27.5 Å². The quantitative estimate of drug-likeness (QED) is 0.607. The Morgan fingerprint density at radius 1 is 1.11 bits per heavy atom. The number of hydrogen-bond donors (Lipinski definition) is 2. The van der Waals surface area contributed by atoms with E-state index in [0.717, 1.165) is 17.8 Å². The third-order valence-electron chi connectivity index (χ3n) is 5.94. The lowest BCUT2D eigenvalue weighted by molar-refractivity contribution is -0.139. The van der Waals surface area contributed by atoms with Crippen LogP contribution in [0.5, 0.6) is 0 Å². The van der Waals surface area contributed by atoms with E-state index < -0.39 is 29.8 Å². The molecular formula is C24H26F3N5O3. The first-order chi connectivity index (χ1) is 16.8. The largest absolute Gasteiger partial charge is 0.463 e. The number of rotatable bonds is 6. The van der Waals surface area contributed by atoms with E-state index in [1.165, 1.54) is 6.07 Å². The van der Waals surface area contributed by atoms with Crippen LogP contribution in [-0.2, 0) is 15.7 Å². The van der Waals surface area contributed by atoms with Crippen LogP contribution in [0.15, 0.2) is 59.9 Å². The Morgan fingerprint density at radius 3 is 2.43 bits per heavy atom. The first-order valence-electron chi connectivity index (χ1n) is 11.3. The molecule has 2 N–H and O–H groups in total. The molecule has 1 atom stereocenters. The topological polar surface area (TPSA) is 86.8 Å². The van der Waals surface area contributed by atoms with Crippen LogP contribution in [0.2, 0.25) is 0 Å². The molecule has 1 aromatic carbocycles. The summed E-state index contributed by atoms with van der Waals surface area (Å²) in [4.78, 5) is 33.3. The summed E-state index contributed by atoms with van der Waals surface area (Å²) in [6, 6.07) is 10.5. The van der Waals surface area contributed by atoms with Gasteiger partial charge in [-0.2, -0.15) is 13.2 Å². The molecule has 11 heteroatoms. The van der Waals surface area contributed by atoms with E-state index in [9.17, 15) is 22.8 Å². The van der Waals surface area contributed by atoms with Crippen molar-refractivity contribution in [3.8, 4) is 0 Å². The lowest BCUT2D eigenvalue weighted by Crippen LogP contribution is -2.52. The van der Waals surface area contributed by atoms with Crippen LogP contribution < -0.4 is 15.5 Å². The van der Waals surface area contributed by atoms with E-state index in [4.69, 9.17) is 4.74 Å². The molecule has 2 amide bonds. The second-order valence-corrected chi connectivity index (χ2v) is 8.22. The number of ether oxygens (including phenoxy) is 1. The summed E-state index contributed by atoms with van der Waals surface area (Å²) in [5.41, 5.74) is 0.806. The molecule has 1 saturated heterocycles. The number of esters is 1. The summed E-state index contributed by atoms with van der Waals surface area (Å²) in [5.74, 6) is -0.0279. The van der Waals surface area contributed by atoms with Crippen LogP contribution in [0, 0.1) is 0 Å². The van der Waals surface area contributed by atoms with Gasteiger partial charge in [-0.3, -0.25) is 4.90 Å². The van der Waals surface area contributed by atoms with Gasteiger partial charge in [0.15, 0.2) is 0 Å². The van der Waals surface area contributed by atoms with E-state index >= 15 is 0 Å². The number of carbonyl (C=O) groups is 2. The Balaban J connectivity index is 1.49. The average molecular weight is 489 g/mol. The summed E-state index contributed by atoms with van der Waals surface area (Å²) >= 11 is 0. The molecule has 0 aliphatic carbocycles. The SMILES string of the molecule is CCOC(=O)C1=C(CN2CCN(c3ccc(C(F)(F)F)cn3)CC2)NC(=O)N[C@H]1c1ccccc1. The van der Waals surface area contributed by atoms with Gasteiger partial charge in [0.25, 0.3) is 0 Å². The zero-order chi connectivity index (χ0) is 25.0. The number of benzene rings is 1. The van der Waals surface area contributed by atoms with Crippen LogP contribution in [0.25, 0.3) is 0 Å². The molecule has 0 radical (unpaired) electrons. The summed E-state index contributed by atoms with van der Waals surface area (Å²) in [5, 5.41) is 5.58. The van der Waals surface area contributed by atoms with Crippen molar-refractivity contribution in [2.45, 2.75) is 19.1 Å². The van der Waals surface area contributed by atoms with Crippen LogP contribution in [0.1, 0.15) is 24.1 Å².